The fourth-order valence-electron chi connectivity index (χ4n) is 5.20. The number of hydrogen-bond donors (Lipinski definition) is 0. The SMILES string of the molecule is CCCCCCCCCCCCCCCCCCOCCOCCOCCOCCOCCOCCOCCOCCCCCCC. The van der Waals surface area contributed by atoms with E-state index >= 15 is 0 Å². The van der Waals surface area contributed by atoms with Gasteiger partial charge in [-0.25, -0.2) is 0 Å². The first-order chi connectivity index (χ1) is 23.4. The Labute approximate surface area is 292 Å². The first kappa shape index (κ1) is 46.7. The van der Waals surface area contributed by atoms with Gasteiger partial charge in [-0.3, -0.25) is 0 Å². The van der Waals surface area contributed by atoms with Crippen molar-refractivity contribution in [3.05, 3.63) is 0 Å². The standard InChI is InChI=1S/C39H80O8/c1-3-5-7-9-10-11-12-13-14-15-16-17-18-19-21-23-25-41-27-29-43-31-33-45-35-37-47-39-38-46-36-34-44-32-30-42-28-26-40-24-22-20-8-6-4-2/h3-39H2,1-2H3. The third kappa shape index (κ3) is 45.7. The summed E-state index contributed by atoms with van der Waals surface area (Å²) in [5.74, 6) is 0. The molecule has 0 aromatic rings. The lowest BCUT2D eigenvalue weighted by atomic mass is 10.0. The number of ether oxygens (including phenoxy) is 8. The zero-order valence-corrected chi connectivity index (χ0v) is 31.4. The van der Waals surface area contributed by atoms with Crippen molar-refractivity contribution >= 4 is 0 Å². The minimum Gasteiger partial charge on any atom is -0.379 e. The summed E-state index contributed by atoms with van der Waals surface area (Å²) in [4.78, 5) is 0. The largest absolute Gasteiger partial charge is 0.379 e. The van der Waals surface area contributed by atoms with Gasteiger partial charge in [-0.05, 0) is 12.8 Å². The second-order valence-electron chi connectivity index (χ2n) is 12.6. The number of unbranched alkanes of at least 4 members (excludes halogenated alkanes) is 19. The van der Waals surface area contributed by atoms with Crippen LogP contribution >= 0.6 is 0 Å². The minimum absolute atomic E-state index is 0.554. The van der Waals surface area contributed by atoms with E-state index in [1.807, 2.05) is 0 Å². The fourth-order valence-corrected chi connectivity index (χ4v) is 5.20. The molecule has 0 fully saturated rings. The predicted molar refractivity (Wildman–Crippen MR) is 195 cm³/mol. The zero-order valence-electron chi connectivity index (χ0n) is 31.4. The molecule has 8 nitrogen and oxygen atoms in total. The Morgan fingerprint density at radius 1 is 0.170 bits per heavy atom. The van der Waals surface area contributed by atoms with Gasteiger partial charge in [0.25, 0.3) is 0 Å². The summed E-state index contributed by atoms with van der Waals surface area (Å²) < 4.78 is 44.4. The van der Waals surface area contributed by atoms with E-state index in [0.29, 0.717) is 92.5 Å². The first-order valence-corrected chi connectivity index (χ1v) is 20.0. The first-order valence-electron chi connectivity index (χ1n) is 20.0. The molecule has 0 aliphatic rings. The maximum Gasteiger partial charge on any atom is 0.0701 e. The van der Waals surface area contributed by atoms with Gasteiger partial charge >= 0.3 is 0 Å². The third-order valence-corrected chi connectivity index (χ3v) is 8.14. The highest BCUT2D eigenvalue weighted by Crippen LogP contribution is 2.13. The summed E-state index contributed by atoms with van der Waals surface area (Å²) in [5.41, 5.74) is 0. The van der Waals surface area contributed by atoms with E-state index in [4.69, 9.17) is 37.9 Å². The van der Waals surface area contributed by atoms with E-state index in [9.17, 15) is 0 Å². The average molecular weight is 677 g/mol. The van der Waals surface area contributed by atoms with Crippen molar-refractivity contribution in [3.8, 4) is 0 Å². The van der Waals surface area contributed by atoms with E-state index < -0.39 is 0 Å². The smallest absolute Gasteiger partial charge is 0.0701 e. The fraction of sp³-hybridized carbons (Fsp3) is 1.00. The second-order valence-corrected chi connectivity index (χ2v) is 12.6. The monoisotopic (exact) mass is 677 g/mol. The Balaban J connectivity index is 3.03. The van der Waals surface area contributed by atoms with Crippen LogP contribution < -0.4 is 0 Å². The van der Waals surface area contributed by atoms with Gasteiger partial charge in [0, 0.05) is 13.2 Å². The molecule has 0 bridgehead atoms. The lowest BCUT2D eigenvalue weighted by Gasteiger charge is -2.09. The van der Waals surface area contributed by atoms with Gasteiger partial charge in [0.1, 0.15) is 0 Å². The minimum atomic E-state index is 0.554. The molecule has 0 aromatic carbocycles. The van der Waals surface area contributed by atoms with Crippen LogP contribution in [0.15, 0.2) is 0 Å². The Bertz CT molecular complexity index is 481. The molecule has 0 saturated heterocycles. The van der Waals surface area contributed by atoms with Crippen LogP contribution in [0.3, 0.4) is 0 Å². The lowest BCUT2D eigenvalue weighted by molar-refractivity contribution is -0.0232. The number of rotatable bonds is 44. The van der Waals surface area contributed by atoms with Crippen molar-refractivity contribution in [2.45, 2.75) is 149 Å². The van der Waals surface area contributed by atoms with Crippen molar-refractivity contribution in [2.24, 2.45) is 0 Å². The van der Waals surface area contributed by atoms with Crippen molar-refractivity contribution in [1.29, 1.82) is 0 Å². The molecular weight excluding hydrogens is 596 g/mol. The molecule has 0 saturated carbocycles. The quantitative estimate of drug-likeness (QED) is 0.0591. The van der Waals surface area contributed by atoms with E-state index in [-0.39, 0.29) is 0 Å². The zero-order chi connectivity index (χ0) is 33.8. The van der Waals surface area contributed by atoms with Gasteiger partial charge in [-0.1, -0.05) is 136 Å². The molecule has 0 heterocycles. The summed E-state index contributed by atoms with van der Waals surface area (Å²) in [6.45, 7) is 14.4. The van der Waals surface area contributed by atoms with Crippen LogP contribution in [-0.2, 0) is 37.9 Å². The highest BCUT2D eigenvalue weighted by atomic mass is 16.6. The Morgan fingerprint density at radius 3 is 0.511 bits per heavy atom. The molecular formula is C39H80O8. The van der Waals surface area contributed by atoms with Gasteiger partial charge in [0.15, 0.2) is 0 Å². The van der Waals surface area contributed by atoms with Gasteiger partial charge in [-0.2, -0.15) is 0 Å². The van der Waals surface area contributed by atoms with Crippen LogP contribution in [-0.4, -0.2) is 106 Å². The highest BCUT2D eigenvalue weighted by molar-refractivity contribution is 4.50. The summed E-state index contributed by atoms with van der Waals surface area (Å²) >= 11 is 0. The molecule has 0 unspecified atom stereocenters. The normalized spacial score (nSPS) is 11.6. The lowest BCUT2D eigenvalue weighted by Crippen LogP contribution is -2.15. The van der Waals surface area contributed by atoms with E-state index in [2.05, 4.69) is 13.8 Å². The van der Waals surface area contributed by atoms with Gasteiger partial charge in [0.2, 0.25) is 0 Å². The summed E-state index contributed by atoms with van der Waals surface area (Å²) in [6.07, 6.45) is 28.6. The van der Waals surface area contributed by atoms with Crippen LogP contribution in [0.5, 0.6) is 0 Å². The number of hydrogen-bond acceptors (Lipinski definition) is 8. The van der Waals surface area contributed by atoms with Crippen molar-refractivity contribution < 1.29 is 37.9 Å². The van der Waals surface area contributed by atoms with E-state index in [1.54, 1.807) is 0 Å². The van der Waals surface area contributed by atoms with E-state index in [0.717, 1.165) is 26.1 Å². The summed E-state index contributed by atoms with van der Waals surface area (Å²) in [7, 11) is 0. The van der Waals surface area contributed by atoms with Gasteiger partial charge in [0.05, 0.1) is 92.5 Å². The molecule has 0 amide bonds. The Morgan fingerprint density at radius 2 is 0.319 bits per heavy atom. The Hall–Kier alpha value is -0.320. The molecule has 0 aliphatic heterocycles. The van der Waals surface area contributed by atoms with Crippen LogP contribution in [0.2, 0.25) is 0 Å². The molecule has 284 valence electrons. The van der Waals surface area contributed by atoms with Crippen molar-refractivity contribution in [2.75, 3.05) is 106 Å². The maximum absolute atomic E-state index is 5.69. The van der Waals surface area contributed by atoms with Crippen LogP contribution in [0.1, 0.15) is 149 Å². The molecule has 0 spiro atoms. The molecule has 47 heavy (non-hydrogen) atoms. The van der Waals surface area contributed by atoms with Gasteiger partial charge < -0.3 is 37.9 Å². The average Bonchev–Trinajstić information content (AvgIpc) is 3.08. The maximum atomic E-state index is 5.69. The molecule has 0 atom stereocenters. The molecule has 0 radical (unpaired) electrons. The third-order valence-electron chi connectivity index (χ3n) is 8.14. The topological polar surface area (TPSA) is 73.8 Å². The van der Waals surface area contributed by atoms with Crippen molar-refractivity contribution in [3.63, 3.8) is 0 Å². The molecule has 0 rings (SSSR count). The van der Waals surface area contributed by atoms with Crippen LogP contribution in [0, 0.1) is 0 Å². The van der Waals surface area contributed by atoms with E-state index in [1.165, 1.54) is 122 Å². The molecule has 8 heteroatoms. The second kappa shape index (κ2) is 45.7. The Kier molecular flexibility index (Phi) is 45.4. The van der Waals surface area contributed by atoms with Crippen LogP contribution in [0.4, 0.5) is 0 Å². The van der Waals surface area contributed by atoms with Crippen molar-refractivity contribution in [1.82, 2.24) is 0 Å². The van der Waals surface area contributed by atoms with Crippen LogP contribution in [0.25, 0.3) is 0 Å². The molecule has 0 aliphatic carbocycles. The summed E-state index contributed by atoms with van der Waals surface area (Å²) in [6, 6.07) is 0. The predicted octanol–water partition coefficient (Wildman–Crippen LogP) is 9.35. The molecule has 0 N–H and O–H groups in total. The highest BCUT2D eigenvalue weighted by Gasteiger charge is 1.97. The molecule has 0 aromatic heterocycles. The summed E-state index contributed by atoms with van der Waals surface area (Å²) in [5, 5.41) is 0. The van der Waals surface area contributed by atoms with Gasteiger partial charge in [-0.15, -0.1) is 0 Å².